The summed E-state index contributed by atoms with van der Waals surface area (Å²) in [5.74, 6) is 0.973. The number of fused-ring (bicyclic) bond motifs is 1. The fraction of sp³-hybridized carbons (Fsp3) is 0.200. The third kappa shape index (κ3) is 2.56. The molecule has 6 heteroatoms. The van der Waals surface area contributed by atoms with Crippen LogP contribution in [0.15, 0.2) is 34.9 Å². The zero-order valence-corrected chi connectivity index (χ0v) is 13.6. The summed E-state index contributed by atoms with van der Waals surface area (Å²) < 4.78 is 16.6. The fourth-order valence-corrected chi connectivity index (χ4v) is 2.82. The van der Waals surface area contributed by atoms with Gasteiger partial charge in [0, 0.05) is 28.5 Å². The van der Waals surface area contributed by atoms with Crippen LogP contribution in [0.2, 0.25) is 0 Å². The molecular formula is C15H12BrClFN3. The van der Waals surface area contributed by atoms with Crippen LogP contribution in [0.1, 0.15) is 11.4 Å². The van der Waals surface area contributed by atoms with Gasteiger partial charge in [-0.3, -0.25) is 4.57 Å². The van der Waals surface area contributed by atoms with E-state index >= 15 is 0 Å². The molecule has 0 aliphatic carbocycles. The second kappa shape index (κ2) is 5.73. The number of alkyl halides is 1. The maximum atomic E-state index is 13.9. The Bertz CT molecular complexity index is 816. The van der Waals surface area contributed by atoms with E-state index in [2.05, 4.69) is 25.9 Å². The zero-order valence-electron chi connectivity index (χ0n) is 11.3. The lowest BCUT2D eigenvalue weighted by atomic mass is 10.2. The molecule has 21 heavy (non-hydrogen) atoms. The van der Waals surface area contributed by atoms with E-state index in [0.717, 1.165) is 21.5 Å². The molecule has 0 saturated heterocycles. The van der Waals surface area contributed by atoms with E-state index < -0.39 is 0 Å². The predicted molar refractivity (Wildman–Crippen MR) is 85.7 cm³/mol. The van der Waals surface area contributed by atoms with Gasteiger partial charge in [0.15, 0.2) is 5.65 Å². The van der Waals surface area contributed by atoms with Gasteiger partial charge < -0.3 is 0 Å². The maximum absolute atomic E-state index is 13.9. The fourth-order valence-electron chi connectivity index (χ4n) is 2.33. The number of hydrogen-bond acceptors (Lipinski definition) is 2. The van der Waals surface area contributed by atoms with Gasteiger partial charge in [-0.1, -0.05) is 6.07 Å². The summed E-state index contributed by atoms with van der Waals surface area (Å²) in [6, 6.07) is 6.89. The van der Waals surface area contributed by atoms with Crippen LogP contribution in [-0.2, 0) is 6.42 Å². The second-order valence-electron chi connectivity index (χ2n) is 4.68. The van der Waals surface area contributed by atoms with Crippen molar-refractivity contribution in [2.45, 2.75) is 13.3 Å². The highest BCUT2D eigenvalue weighted by Crippen LogP contribution is 2.25. The number of aryl methyl sites for hydroxylation is 1. The second-order valence-corrected chi connectivity index (χ2v) is 5.98. The van der Waals surface area contributed by atoms with E-state index in [1.165, 1.54) is 6.07 Å². The van der Waals surface area contributed by atoms with Gasteiger partial charge in [0.1, 0.15) is 17.2 Å². The van der Waals surface area contributed by atoms with Crippen LogP contribution in [0.25, 0.3) is 16.9 Å². The van der Waals surface area contributed by atoms with Crippen LogP contribution >= 0.6 is 27.5 Å². The van der Waals surface area contributed by atoms with Gasteiger partial charge in [0.25, 0.3) is 0 Å². The minimum absolute atomic E-state index is 0.247. The molecule has 2 heterocycles. The molecule has 0 radical (unpaired) electrons. The molecule has 1 aromatic carbocycles. The van der Waals surface area contributed by atoms with Crippen molar-refractivity contribution in [1.29, 1.82) is 0 Å². The molecule has 0 amide bonds. The highest BCUT2D eigenvalue weighted by Gasteiger charge is 2.16. The van der Waals surface area contributed by atoms with Gasteiger partial charge in [-0.2, -0.15) is 0 Å². The standard InChI is InChI=1S/C15H12BrClFN3/c1-9-11(18)3-2-4-13(9)21-14(5-6-17)20-12-7-10(16)8-19-15(12)21/h2-4,7-8H,5-6H2,1H3. The van der Waals surface area contributed by atoms with Crippen molar-refractivity contribution >= 4 is 38.7 Å². The summed E-state index contributed by atoms with van der Waals surface area (Å²) in [5, 5.41) is 0. The molecule has 0 aliphatic rings. The molecule has 0 saturated carbocycles. The summed E-state index contributed by atoms with van der Waals surface area (Å²) in [6.45, 7) is 1.75. The Labute approximate surface area is 134 Å². The van der Waals surface area contributed by atoms with E-state index in [9.17, 15) is 4.39 Å². The average molecular weight is 369 g/mol. The minimum atomic E-state index is -0.247. The number of nitrogens with zero attached hydrogens (tertiary/aromatic N) is 3. The molecule has 108 valence electrons. The van der Waals surface area contributed by atoms with Gasteiger partial charge in [-0.15, -0.1) is 11.6 Å². The molecular weight excluding hydrogens is 357 g/mol. The Morgan fingerprint density at radius 1 is 1.38 bits per heavy atom. The Morgan fingerprint density at radius 2 is 2.19 bits per heavy atom. The van der Waals surface area contributed by atoms with Gasteiger partial charge in [0.05, 0.1) is 5.69 Å². The summed E-state index contributed by atoms with van der Waals surface area (Å²) >= 11 is 9.26. The summed E-state index contributed by atoms with van der Waals surface area (Å²) in [6.07, 6.45) is 2.30. The van der Waals surface area contributed by atoms with E-state index in [1.807, 2.05) is 16.7 Å². The molecule has 3 rings (SSSR count). The van der Waals surface area contributed by atoms with Gasteiger partial charge in [-0.25, -0.2) is 14.4 Å². The predicted octanol–water partition coefficient (Wildman–Crippen LogP) is 4.41. The first kappa shape index (κ1) is 14.5. The van der Waals surface area contributed by atoms with Crippen molar-refractivity contribution in [1.82, 2.24) is 14.5 Å². The van der Waals surface area contributed by atoms with Crippen LogP contribution in [0.4, 0.5) is 4.39 Å². The van der Waals surface area contributed by atoms with E-state index in [-0.39, 0.29) is 5.82 Å². The lowest BCUT2D eigenvalue weighted by Gasteiger charge is -2.11. The first-order chi connectivity index (χ1) is 10.1. The monoisotopic (exact) mass is 367 g/mol. The van der Waals surface area contributed by atoms with E-state index in [0.29, 0.717) is 23.5 Å². The van der Waals surface area contributed by atoms with E-state index in [1.54, 1.807) is 19.2 Å². The van der Waals surface area contributed by atoms with Crippen LogP contribution in [0.5, 0.6) is 0 Å². The molecule has 0 aliphatic heterocycles. The average Bonchev–Trinajstić information content (AvgIpc) is 2.79. The summed E-state index contributed by atoms with van der Waals surface area (Å²) in [5.41, 5.74) is 2.77. The highest BCUT2D eigenvalue weighted by atomic mass is 79.9. The van der Waals surface area contributed by atoms with Crippen molar-refractivity contribution in [2.75, 3.05) is 5.88 Å². The molecule has 3 nitrogen and oxygen atoms in total. The Kier molecular flexibility index (Phi) is 3.95. The van der Waals surface area contributed by atoms with Crippen molar-refractivity contribution in [2.24, 2.45) is 0 Å². The quantitative estimate of drug-likeness (QED) is 0.641. The Morgan fingerprint density at radius 3 is 2.95 bits per heavy atom. The normalized spacial score (nSPS) is 11.2. The topological polar surface area (TPSA) is 30.7 Å². The molecule has 0 spiro atoms. The van der Waals surface area contributed by atoms with Crippen LogP contribution < -0.4 is 0 Å². The van der Waals surface area contributed by atoms with Crippen LogP contribution in [0, 0.1) is 12.7 Å². The Balaban J connectivity index is 2.33. The molecule has 2 aromatic heterocycles. The third-order valence-electron chi connectivity index (χ3n) is 3.33. The van der Waals surface area contributed by atoms with Crippen molar-refractivity contribution in [3.63, 3.8) is 0 Å². The Hall–Kier alpha value is -1.46. The number of pyridine rings is 1. The maximum Gasteiger partial charge on any atom is 0.164 e. The number of imidazole rings is 1. The van der Waals surface area contributed by atoms with Crippen molar-refractivity contribution in [3.05, 3.63) is 52.1 Å². The van der Waals surface area contributed by atoms with Crippen molar-refractivity contribution < 1.29 is 4.39 Å². The number of rotatable bonds is 3. The number of hydrogen-bond donors (Lipinski definition) is 0. The molecule has 0 bridgehead atoms. The van der Waals surface area contributed by atoms with Gasteiger partial charge in [-0.05, 0) is 41.1 Å². The lowest BCUT2D eigenvalue weighted by molar-refractivity contribution is 0.616. The lowest BCUT2D eigenvalue weighted by Crippen LogP contribution is -2.05. The first-order valence-corrected chi connectivity index (χ1v) is 7.79. The van der Waals surface area contributed by atoms with Gasteiger partial charge in [0.2, 0.25) is 0 Å². The van der Waals surface area contributed by atoms with E-state index in [4.69, 9.17) is 11.6 Å². The first-order valence-electron chi connectivity index (χ1n) is 6.46. The number of halogens is 3. The third-order valence-corrected chi connectivity index (χ3v) is 3.95. The molecule has 0 atom stereocenters. The smallest absolute Gasteiger partial charge is 0.164 e. The molecule has 0 N–H and O–H groups in total. The molecule has 0 fully saturated rings. The van der Waals surface area contributed by atoms with Crippen LogP contribution in [0.3, 0.4) is 0 Å². The highest BCUT2D eigenvalue weighted by molar-refractivity contribution is 9.10. The molecule has 3 aromatic rings. The zero-order chi connectivity index (χ0) is 15.0. The summed E-state index contributed by atoms with van der Waals surface area (Å²) in [4.78, 5) is 8.99. The van der Waals surface area contributed by atoms with Gasteiger partial charge >= 0.3 is 0 Å². The largest absolute Gasteiger partial charge is 0.280 e. The minimum Gasteiger partial charge on any atom is -0.280 e. The summed E-state index contributed by atoms with van der Waals surface area (Å²) in [7, 11) is 0. The van der Waals surface area contributed by atoms with Crippen LogP contribution in [-0.4, -0.2) is 20.4 Å². The SMILES string of the molecule is Cc1c(F)cccc1-n1c(CCCl)nc2cc(Br)cnc21. The number of benzene rings is 1. The van der Waals surface area contributed by atoms with Crippen molar-refractivity contribution in [3.8, 4) is 5.69 Å². The number of aromatic nitrogens is 3. The molecule has 0 unspecified atom stereocenters.